The molecular formula is C19H24N2O2. The number of hydrogen-bond donors (Lipinski definition) is 2. The van der Waals surface area contributed by atoms with Crippen molar-refractivity contribution in [3.63, 3.8) is 0 Å². The summed E-state index contributed by atoms with van der Waals surface area (Å²) >= 11 is 0. The molecule has 23 heavy (non-hydrogen) atoms. The second-order valence-electron chi connectivity index (χ2n) is 5.69. The van der Waals surface area contributed by atoms with E-state index in [0.717, 1.165) is 44.0 Å². The van der Waals surface area contributed by atoms with Gasteiger partial charge in [-0.1, -0.05) is 12.1 Å². The second-order valence-corrected chi connectivity index (χ2v) is 5.69. The van der Waals surface area contributed by atoms with E-state index in [4.69, 9.17) is 9.47 Å². The summed E-state index contributed by atoms with van der Waals surface area (Å²) in [4.78, 5) is 0. The number of ether oxygens (including phenoxy) is 2. The highest BCUT2D eigenvalue weighted by atomic mass is 16.5. The minimum Gasteiger partial charge on any atom is -0.497 e. The van der Waals surface area contributed by atoms with Gasteiger partial charge >= 0.3 is 0 Å². The van der Waals surface area contributed by atoms with Crippen molar-refractivity contribution in [1.29, 1.82) is 0 Å². The summed E-state index contributed by atoms with van der Waals surface area (Å²) in [6.45, 7) is 3.55. The van der Waals surface area contributed by atoms with Crippen LogP contribution in [0.5, 0.6) is 11.5 Å². The summed E-state index contributed by atoms with van der Waals surface area (Å²) in [6.07, 6.45) is 2.20. The Balaban J connectivity index is 1.32. The maximum absolute atomic E-state index is 5.69. The first-order valence-corrected chi connectivity index (χ1v) is 8.18. The summed E-state index contributed by atoms with van der Waals surface area (Å²) in [7, 11) is 1.66. The first kappa shape index (κ1) is 15.7. The van der Waals surface area contributed by atoms with Crippen molar-refractivity contribution in [2.75, 3.05) is 38.7 Å². The minimum atomic E-state index is 0.667. The Morgan fingerprint density at radius 3 is 2.70 bits per heavy atom. The van der Waals surface area contributed by atoms with E-state index in [9.17, 15) is 0 Å². The lowest BCUT2D eigenvalue weighted by molar-refractivity contribution is 0.313. The Labute approximate surface area is 137 Å². The second kappa shape index (κ2) is 7.88. The van der Waals surface area contributed by atoms with E-state index in [0.29, 0.717) is 6.61 Å². The van der Waals surface area contributed by atoms with Crippen molar-refractivity contribution >= 4 is 5.69 Å². The zero-order chi connectivity index (χ0) is 15.9. The van der Waals surface area contributed by atoms with Crippen LogP contribution in [0.4, 0.5) is 5.69 Å². The Morgan fingerprint density at radius 1 is 1.04 bits per heavy atom. The van der Waals surface area contributed by atoms with E-state index < -0.39 is 0 Å². The maximum Gasteiger partial charge on any atom is 0.119 e. The van der Waals surface area contributed by atoms with Crippen LogP contribution in [0.15, 0.2) is 42.5 Å². The van der Waals surface area contributed by atoms with Gasteiger partial charge in [-0.05, 0) is 60.8 Å². The van der Waals surface area contributed by atoms with E-state index >= 15 is 0 Å². The predicted molar refractivity (Wildman–Crippen MR) is 93.7 cm³/mol. The molecule has 0 bridgehead atoms. The molecular weight excluding hydrogens is 288 g/mol. The molecule has 0 aliphatic carbocycles. The van der Waals surface area contributed by atoms with Crippen LogP contribution in [0.3, 0.4) is 0 Å². The van der Waals surface area contributed by atoms with Gasteiger partial charge in [0.2, 0.25) is 0 Å². The summed E-state index contributed by atoms with van der Waals surface area (Å²) in [5.41, 5.74) is 4.15. The van der Waals surface area contributed by atoms with Crippen molar-refractivity contribution in [3.8, 4) is 11.5 Å². The van der Waals surface area contributed by atoms with E-state index in [1.807, 2.05) is 24.3 Å². The highest BCUT2D eigenvalue weighted by molar-refractivity contribution is 5.56. The zero-order valence-corrected chi connectivity index (χ0v) is 13.6. The third kappa shape index (κ3) is 4.39. The molecule has 1 aliphatic rings. The predicted octanol–water partition coefficient (Wildman–Crippen LogP) is 2.87. The summed E-state index contributed by atoms with van der Waals surface area (Å²) in [5, 5.41) is 6.82. The molecule has 0 aromatic heterocycles. The van der Waals surface area contributed by atoms with Gasteiger partial charge in [-0.3, -0.25) is 0 Å². The summed E-state index contributed by atoms with van der Waals surface area (Å²) in [5.74, 6) is 1.72. The van der Waals surface area contributed by atoms with E-state index in [2.05, 4.69) is 28.8 Å². The molecule has 0 unspecified atom stereocenters. The van der Waals surface area contributed by atoms with Crippen LogP contribution in [0.2, 0.25) is 0 Å². The number of anilines is 1. The lowest BCUT2D eigenvalue weighted by Crippen LogP contribution is -2.23. The average Bonchev–Trinajstić information content (AvgIpc) is 3.06. The minimum absolute atomic E-state index is 0.667. The molecule has 2 N–H and O–H groups in total. The Bertz CT molecular complexity index is 626. The van der Waals surface area contributed by atoms with Crippen LogP contribution in [0.1, 0.15) is 11.1 Å². The molecule has 0 fully saturated rings. The zero-order valence-electron chi connectivity index (χ0n) is 13.6. The molecule has 2 aromatic rings. The smallest absolute Gasteiger partial charge is 0.119 e. The Kier molecular flexibility index (Phi) is 5.37. The van der Waals surface area contributed by atoms with Crippen LogP contribution in [-0.4, -0.2) is 33.4 Å². The number of benzene rings is 2. The van der Waals surface area contributed by atoms with Gasteiger partial charge in [0, 0.05) is 18.8 Å². The van der Waals surface area contributed by atoms with E-state index in [1.54, 1.807) is 7.11 Å². The average molecular weight is 312 g/mol. The number of methoxy groups -OCH3 is 1. The standard InChI is InChI=1S/C19H24N2O2/c1-22-17-3-5-18(6-4-17)23-13-12-20-10-8-15-2-7-19-16(14-15)9-11-21-19/h2-7,14,20-21H,8-13H2,1H3. The maximum atomic E-state index is 5.69. The van der Waals surface area contributed by atoms with Gasteiger partial charge in [0.1, 0.15) is 18.1 Å². The van der Waals surface area contributed by atoms with Crippen LogP contribution in [0, 0.1) is 0 Å². The highest BCUT2D eigenvalue weighted by Crippen LogP contribution is 2.23. The van der Waals surface area contributed by atoms with Gasteiger partial charge in [0.25, 0.3) is 0 Å². The highest BCUT2D eigenvalue weighted by Gasteiger charge is 2.09. The number of hydrogen-bond acceptors (Lipinski definition) is 4. The lowest BCUT2D eigenvalue weighted by atomic mass is 10.1. The molecule has 0 atom stereocenters. The Morgan fingerprint density at radius 2 is 1.87 bits per heavy atom. The van der Waals surface area contributed by atoms with Gasteiger partial charge < -0.3 is 20.1 Å². The van der Waals surface area contributed by atoms with E-state index in [1.165, 1.54) is 16.8 Å². The topological polar surface area (TPSA) is 42.5 Å². The quantitative estimate of drug-likeness (QED) is 0.736. The van der Waals surface area contributed by atoms with E-state index in [-0.39, 0.29) is 0 Å². The first-order chi connectivity index (χ1) is 11.3. The van der Waals surface area contributed by atoms with Crippen molar-refractivity contribution in [2.24, 2.45) is 0 Å². The molecule has 1 heterocycles. The van der Waals surface area contributed by atoms with Crippen LogP contribution in [-0.2, 0) is 12.8 Å². The molecule has 1 aliphatic heterocycles. The molecule has 122 valence electrons. The van der Waals surface area contributed by atoms with Crippen molar-refractivity contribution in [2.45, 2.75) is 12.8 Å². The van der Waals surface area contributed by atoms with Gasteiger partial charge in [-0.2, -0.15) is 0 Å². The molecule has 4 nitrogen and oxygen atoms in total. The normalized spacial score (nSPS) is 12.6. The van der Waals surface area contributed by atoms with Crippen LogP contribution in [0.25, 0.3) is 0 Å². The van der Waals surface area contributed by atoms with Gasteiger partial charge in [-0.25, -0.2) is 0 Å². The third-order valence-electron chi connectivity index (χ3n) is 4.08. The number of rotatable bonds is 8. The first-order valence-electron chi connectivity index (χ1n) is 8.18. The Hall–Kier alpha value is -2.20. The SMILES string of the molecule is COc1ccc(OCCNCCc2ccc3c(c2)CCN3)cc1. The molecule has 0 spiro atoms. The fourth-order valence-electron chi connectivity index (χ4n) is 2.78. The monoisotopic (exact) mass is 312 g/mol. The molecule has 0 saturated carbocycles. The summed E-state index contributed by atoms with van der Waals surface area (Å²) in [6, 6.07) is 14.4. The van der Waals surface area contributed by atoms with Crippen LogP contribution < -0.4 is 20.1 Å². The van der Waals surface area contributed by atoms with Crippen molar-refractivity contribution in [1.82, 2.24) is 5.32 Å². The third-order valence-corrected chi connectivity index (χ3v) is 4.08. The molecule has 0 amide bonds. The molecule has 0 radical (unpaired) electrons. The summed E-state index contributed by atoms with van der Waals surface area (Å²) < 4.78 is 10.8. The molecule has 3 rings (SSSR count). The van der Waals surface area contributed by atoms with Crippen LogP contribution >= 0.6 is 0 Å². The number of nitrogens with one attached hydrogen (secondary N) is 2. The largest absolute Gasteiger partial charge is 0.497 e. The lowest BCUT2D eigenvalue weighted by Gasteiger charge is -2.09. The fourth-order valence-corrected chi connectivity index (χ4v) is 2.78. The van der Waals surface area contributed by atoms with Gasteiger partial charge in [0.05, 0.1) is 7.11 Å². The molecule has 2 aromatic carbocycles. The van der Waals surface area contributed by atoms with Gasteiger partial charge in [0.15, 0.2) is 0 Å². The van der Waals surface area contributed by atoms with Crippen molar-refractivity contribution in [3.05, 3.63) is 53.6 Å². The van der Waals surface area contributed by atoms with Gasteiger partial charge in [-0.15, -0.1) is 0 Å². The molecule has 0 saturated heterocycles. The molecule has 4 heteroatoms. The van der Waals surface area contributed by atoms with Crippen molar-refractivity contribution < 1.29 is 9.47 Å². The number of fused-ring (bicyclic) bond motifs is 1. The fraction of sp³-hybridized carbons (Fsp3) is 0.368.